The summed E-state index contributed by atoms with van der Waals surface area (Å²) in [5.41, 5.74) is 0. The Labute approximate surface area is 116 Å². The van der Waals surface area contributed by atoms with Gasteiger partial charge in [-0.05, 0) is 24.3 Å². The van der Waals surface area contributed by atoms with Crippen molar-refractivity contribution in [3.8, 4) is 0 Å². The fourth-order valence-corrected chi connectivity index (χ4v) is 5.75. The zero-order valence-corrected chi connectivity index (χ0v) is 12.1. The Bertz CT molecular complexity index is 530. The van der Waals surface area contributed by atoms with Gasteiger partial charge in [0, 0.05) is 18.0 Å². The van der Waals surface area contributed by atoms with Gasteiger partial charge >= 0.3 is 0 Å². The first kappa shape index (κ1) is 12.9. The van der Waals surface area contributed by atoms with Crippen molar-refractivity contribution < 1.29 is 13.2 Å². The van der Waals surface area contributed by atoms with Gasteiger partial charge in [0.05, 0.1) is 23.0 Å². The maximum absolute atomic E-state index is 12.6. The molecule has 2 aliphatic heterocycles. The van der Waals surface area contributed by atoms with Gasteiger partial charge in [-0.2, -0.15) is 4.31 Å². The number of sulfonamides is 1. The van der Waals surface area contributed by atoms with Crippen LogP contribution in [0.3, 0.4) is 0 Å². The minimum absolute atomic E-state index is 0.0663. The van der Waals surface area contributed by atoms with E-state index in [1.807, 2.05) is 0 Å². The average Bonchev–Trinajstić information content (AvgIpc) is 2.96. The Morgan fingerprint density at radius 2 is 2.06 bits per heavy atom. The summed E-state index contributed by atoms with van der Waals surface area (Å²) in [7, 11) is -3.41. The number of hydrogen-bond donors (Lipinski definition) is 0. The largest absolute Gasteiger partial charge is 0.372 e. The number of halogens is 1. The Morgan fingerprint density at radius 1 is 1.39 bits per heavy atom. The molecule has 2 unspecified atom stereocenters. The van der Waals surface area contributed by atoms with Gasteiger partial charge in [0.25, 0.3) is 0 Å². The lowest BCUT2D eigenvalue weighted by Gasteiger charge is -2.31. The SMILES string of the molecule is O=S(=O)(c1ccsc1CCl)N1CC2CCC(C1)O2. The van der Waals surface area contributed by atoms with Crippen molar-refractivity contribution in [2.75, 3.05) is 13.1 Å². The van der Waals surface area contributed by atoms with Crippen LogP contribution in [0.4, 0.5) is 0 Å². The molecule has 2 fully saturated rings. The van der Waals surface area contributed by atoms with Crippen molar-refractivity contribution in [1.29, 1.82) is 0 Å². The standard InChI is InChI=1S/C11H14ClNO3S2/c12-5-10-11(3-4-17-10)18(14,15)13-6-8-1-2-9(7-13)16-8/h3-4,8-9H,1-2,5-7H2. The van der Waals surface area contributed by atoms with Gasteiger partial charge < -0.3 is 4.74 Å². The molecule has 0 saturated carbocycles. The summed E-state index contributed by atoms with van der Waals surface area (Å²) < 4.78 is 32.4. The maximum Gasteiger partial charge on any atom is 0.244 e. The Balaban J connectivity index is 1.91. The first-order chi connectivity index (χ1) is 8.61. The second-order valence-corrected chi connectivity index (χ2v) is 7.80. The first-order valence-corrected chi connectivity index (χ1v) is 8.74. The summed E-state index contributed by atoms with van der Waals surface area (Å²) in [6, 6.07) is 1.65. The zero-order chi connectivity index (χ0) is 12.8. The lowest BCUT2D eigenvalue weighted by Crippen LogP contribution is -2.45. The van der Waals surface area contributed by atoms with Gasteiger partial charge in [0.15, 0.2) is 0 Å². The molecule has 0 aromatic carbocycles. The molecular weight excluding hydrogens is 294 g/mol. The van der Waals surface area contributed by atoms with E-state index in [0.29, 0.717) is 18.0 Å². The number of ether oxygens (including phenoxy) is 1. The monoisotopic (exact) mass is 307 g/mol. The summed E-state index contributed by atoms with van der Waals surface area (Å²) in [4.78, 5) is 1.08. The first-order valence-electron chi connectivity index (χ1n) is 5.89. The van der Waals surface area contributed by atoms with Crippen LogP contribution in [0, 0.1) is 0 Å². The van der Waals surface area contributed by atoms with Crippen LogP contribution >= 0.6 is 22.9 Å². The van der Waals surface area contributed by atoms with Crippen molar-refractivity contribution in [2.24, 2.45) is 0 Å². The fourth-order valence-electron chi connectivity index (χ4n) is 2.57. The third-order valence-electron chi connectivity index (χ3n) is 3.45. The van der Waals surface area contributed by atoms with Gasteiger partial charge in [-0.1, -0.05) is 0 Å². The highest BCUT2D eigenvalue weighted by atomic mass is 35.5. The third-order valence-corrected chi connectivity index (χ3v) is 6.85. The minimum Gasteiger partial charge on any atom is -0.372 e. The molecule has 1 aromatic heterocycles. The average molecular weight is 308 g/mol. The van der Waals surface area contributed by atoms with Crippen molar-refractivity contribution in [1.82, 2.24) is 4.31 Å². The number of morpholine rings is 1. The molecule has 2 saturated heterocycles. The molecule has 0 radical (unpaired) electrons. The molecule has 4 nitrogen and oxygen atoms in total. The van der Waals surface area contributed by atoms with Crippen LogP contribution in [0.2, 0.25) is 0 Å². The molecule has 2 bridgehead atoms. The highest BCUT2D eigenvalue weighted by Crippen LogP contribution is 2.32. The van der Waals surface area contributed by atoms with Gasteiger partial charge in [0.1, 0.15) is 0 Å². The number of fused-ring (bicyclic) bond motifs is 2. The minimum atomic E-state index is -3.41. The van der Waals surface area contributed by atoms with Crippen LogP contribution in [0.1, 0.15) is 17.7 Å². The lowest BCUT2D eigenvalue weighted by molar-refractivity contribution is -0.0114. The van der Waals surface area contributed by atoms with Crippen LogP contribution in [0.15, 0.2) is 16.3 Å². The number of thiophene rings is 1. The van der Waals surface area contributed by atoms with Crippen LogP contribution < -0.4 is 0 Å². The summed E-state index contributed by atoms with van der Waals surface area (Å²) >= 11 is 7.18. The molecule has 3 rings (SSSR count). The smallest absolute Gasteiger partial charge is 0.244 e. The second-order valence-electron chi connectivity index (χ2n) is 4.62. The second kappa shape index (κ2) is 4.76. The lowest BCUT2D eigenvalue weighted by atomic mass is 10.2. The quantitative estimate of drug-likeness (QED) is 0.803. The maximum atomic E-state index is 12.6. The van der Waals surface area contributed by atoms with Crippen molar-refractivity contribution >= 4 is 33.0 Å². The Kier molecular flexibility index (Phi) is 3.40. The third kappa shape index (κ3) is 2.10. The van der Waals surface area contributed by atoms with Crippen molar-refractivity contribution in [3.63, 3.8) is 0 Å². The van der Waals surface area contributed by atoms with E-state index in [1.165, 1.54) is 11.3 Å². The zero-order valence-electron chi connectivity index (χ0n) is 9.71. The van der Waals surface area contributed by atoms with E-state index in [4.69, 9.17) is 16.3 Å². The normalized spacial score (nSPS) is 28.7. The molecule has 0 N–H and O–H groups in total. The van der Waals surface area contributed by atoms with Gasteiger partial charge in [-0.15, -0.1) is 22.9 Å². The van der Waals surface area contributed by atoms with E-state index in [0.717, 1.165) is 17.7 Å². The predicted octanol–water partition coefficient (Wildman–Crippen LogP) is 2.04. The van der Waals surface area contributed by atoms with Crippen LogP contribution in [0.25, 0.3) is 0 Å². The topological polar surface area (TPSA) is 46.6 Å². The molecule has 0 aliphatic carbocycles. The molecule has 18 heavy (non-hydrogen) atoms. The van der Waals surface area contributed by atoms with Crippen molar-refractivity contribution in [3.05, 3.63) is 16.3 Å². The molecule has 100 valence electrons. The van der Waals surface area contributed by atoms with E-state index >= 15 is 0 Å². The summed E-state index contributed by atoms with van der Waals surface area (Å²) in [5.74, 6) is 0.240. The number of nitrogens with zero attached hydrogens (tertiary/aromatic N) is 1. The van der Waals surface area contributed by atoms with Crippen LogP contribution in [-0.4, -0.2) is 38.0 Å². The van der Waals surface area contributed by atoms with Gasteiger partial charge in [-0.3, -0.25) is 0 Å². The van der Waals surface area contributed by atoms with E-state index in [1.54, 1.807) is 15.8 Å². The number of hydrogen-bond acceptors (Lipinski definition) is 4. The van der Waals surface area contributed by atoms with Crippen molar-refractivity contribution in [2.45, 2.75) is 35.8 Å². The highest BCUT2D eigenvalue weighted by Gasteiger charge is 2.40. The van der Waals surface area contributed by atoms with Gasteiger partial charge in [0.2, 0.25) is 10.0 Å². The molecular formula is C11H14ClNO3S2. The summed E-state index contributed by atoms with van der Waals surface area (Å²) in [6.07, 6.45) is 2.05. The van der Waals surface area contributed by atoms with Gasteiger partial charge in [-0.25, -0.2) is 8.42 Å². The molecule has 0 spiro atoms. The highest BCUT2D eigenvalue weighted by molar-refractivity contribution is 7.89. The van der Waals surface area contributed by atoms with E-state index < -0.39 is 10.0 Å². The molecule has 0 amide bonds. The van der Waals surface area contributed by atoms with E-state index in [-0.39, 0.29) is 18.1 Å². The van der Waals surface area contributed by atoms with Crippen LogP contribution in [-0.2, 0) is 20.6 Å². The summed E-state index contributed by atoms with van der Waals surface area (Å²) in [5, 5.41) is 1.78. The Morgan fingerprint density at radius 3 is 2.67 bits per heavy atom. The number of alkyl halides is 1. The molecule has 1 aromatic rings. The fraction of sp³-hybridized carbons (Fsp3) is 0.636. The molecule has 2 aliphatic rings. The molecule has 7 heteroatoms. The predicted molar refractivity (Wildman–Crippen MR) is 70.5 cm³/mol. The summed E-state index contributed by atoms with van der Waals surface area (Å²) in [6.45, 7) is 0.937. The molecule has 3 heterocycles. The molecule has 2 atom stereocenters. The Hall–Kier alpha value is -0.140. The van der Waals surface area contributed by atoms with E-state index in [9.17, 15) is 8.42 Å². The van der Waals surface area contributed by atoms with E-state index in [2.05, 4.69) is 0 Å². The number of rotatable bonds is 3. The van der Waals surface area contributed by atoms with Crippen LogP contribution in [0.5, 0.6) is 0 Å².